The van der Waals surface area contributed by atoms with Crippen LogP contribution in [0.4, 0.5) is 0 Å². The number of likely N-dealkylation sites (tertiary alicyclic amines) is 1. The zero-order chi connectivity index (χ0) is 13.0. The maximum Gasteiger partial charge on any atom is 0.133 e. The van der Waals surface area contributed by atoms with Gasteiger partial charge in [0.25, 0.3) is 0 Å². The number of hydrogen-bond donors (Lipinski definition) is 1. The molecule has 4 heteroatoms. The molecule has 1 saturated heterocycles. The summed E-state index contributed by atoms with van der Waals surface area (Å²) in [6.07, 6.45) is 1.15. The van der Waals surface area contributed by atoms with E-state index in [2.05, 4.69) is 27.9 Å². The highest BCUT2D eigenvalue weighted by Crippen LogP contribution is 2.27. The normalized spacial score (nSPS) is 22.1. The Bertz CT molecular complexity index is 386. The van der Waals surface area contributed by atoms with Crippen LogP contribution in [0.3, 0.4) is 0 Å². The molecule has 1 aliphatic rings. The van der Waals surface area contributed by atoms with Crippen molar-refractivity contribution in [3.63, 3.8) is 0 Å². The van der Waals surface area contributed by atoms with E-state index in [0.717, 1.165) is 29.7 Å². The van der Waals surface area contributed by atoms with Crippen molar-refractivity contribution in [3.8, 4) is 5.75 Å². The van der Waals surface area contributed by atoms with Crippen LogP contribution in [0.15, 0.2) is 28.7 Å². The van der Waals surface area contributed by atoms with Gasteiger partial charge in [0, 0.05) is 19.1 Å². The first kappa shape index (κ1) is 13.8. The molecule has 100 valence electrons. The summed E-state index contributed by atoms with van der Waals surface area (Å²) in [6.45, 7) is 2.96. The quantitative estimate of drug-likeness (QED) is 0.906. The second-order valence-corrected chi connectivity index (χ2v) is 5.85. The average molecular weight is 314 g/mol. The van der Waals surface area contributed by atoms with E-state index in [0.29, 0.717) is 12.5 Å². The second kappa shape index (κ2) is 6.55. The Morgan fingerprint density at radius 2 is 2.28 bits per heavy atom. The Kier molecular flexibility index (Phi) is 5.03. The third-order valence-corrected chi connectivity index (χ3v) is 4.27. The number of aliphatic hydroxyl groups excluding tert-OH is 1. The number of ether oxygens (including phenoxy) is 1. The van der Waals surface area contributed by atoms with Crippen molar-refractivity contribution >= 4 is 15.9 Å². The van der Waals surface area contributed by atoms with Crippen molar-refractivity contribution < 1.29 is 9.84 Å². The number of aliphatic hydroxyl groups is 1. The van der Waals surface area contributed by atoms with E-state index in [1.165, 1.54) is 0 Å². The molecule has 0 amide bonds. The van der Waals surface area contributed by atoms with Crippen molar-refractivity contribution in [2.75, 3.05) is 33.4 Å². The molecular weight excluding hydrogens is 294 g/mol. The lowest BCUT2D eigenvalue weighted by molar-refractivity contribution is 0.119. The van der Waals surface area contributed by atoms with Crippen molar-refractivity contribution in [3.05, 3.63) is 28.7 Å². The van der Waals surface area contributed by atoms with E-state index in [4.69, 9.17) is 4.74 Å². The molecule has 1 aromatic rings. The van der Waals surface area contributed by atoms with Crippen LogP contribution in [0.5, 0.6) is 5.75 Å². The van der Waals surface area contributed by atoms with Gasteiger partial charge in [-0.3, -0.25) is 0 Å². The summed E-state index contributed by atoms with van der Waals surface area (Å²) in [5.74, 6) is 1.62. The van der Waals surface area contributed by atoms with Crippen molar-refractivity contribution in [1.29, 1.82) is 0 Å². The Labute approximate surface area is 117 Å². The van der Waals surface area contributed by atoms with E-state index in [9.17, 15) is 5.11 Å². The van der Waals surface area contributed by atoms with Gasteiger partial charge in [-0.05, 0) is 54.0 Å². The third-order valence-electron chi connectivity index (χ3n) is 3.62. The standard InChI is InChI=1S/C14H20BrNO2/c1-16-7-6-11(8-16)12(9-17)10-18-14-5-3-2-4-13(14)15/h2-5,11-12,17H,6-10H2,1H3. The maximum absolute atomic E-state index is 9.51. The van der Waals surface area contributed by atoms with E-state index < -0.39 is 0 Å². The zero-order valence-electron chi connectivity index (χ0n) is 10.7. The highest BCUT2D eigenvalue weighted by Gasteiger charge is 2.27. The molecule has 2 atom stereocenters. The summed E-state index contributed by atoms with van der Waals surface area (Å²) in [6, 6.07) is 7.83. The van der Waals surface area contributed by atoms with E-state index >= 15 is 0 Å². The summed E-state index contributed by atoms with van der Waals surface area (Å²) < 4.78 is 6.78. The van der Waals surface area contributed by atoms with Gasteiger partial charge in [0.2, 0.25) is 0 Å². The monoisotopic (exact) mass is 313 g/mol. The molecule has 1 aromatic carbocycles. The first-order valence-corrected chi connectivity index (χ1v) is 7.16. The van der Waals surface area contributed by atoms with E-state index in [1.54, 1.807) is 0 Å². The first-order valence-electron chi connectivity index (χ1n) is 6.37. The van der Waals surface area contributed by atoms with Gasteiger partial charge in [0.15, 0.2) is 0 Å². The molecule has 1 fully saturated rings. The Hall–Kier alpha value is -0.580. The number of hydrogen-bond acceptors (Lipinski definition) is 3. The highest BCUT2D eigenvalue weighted by atomic mass is 79.9. The molecule has 1 aliphatic heterocycles. The van der Waals surface area contributed by atoms with Crippen LogP contribution in [0.2, 0.25) is 0 Å². The second-order valence-electron chi connectivity index (χ2n) is 5.00. The van der Waals surface area contributed by atoms with Gasteiger partial charge >= 0.3 is 0 Å². The average Bonchev–Trinajstić information content (AvgIpc) is 2.79. The van der Waals surface area contributed by atoms with Crippen molar-refractivity contribution in [1.82, 2.24) is 4.90 Å². The number of halogens is 1. The molecule has 2 unspecified atom stereocenters. The van der Waals surface area contributed by atoms with Gasteiger partial charge in [-0.25, -0.2) is 0 Å². The predicted molar refractivity (Wildman–Crippen MR) is 75.8 cm³/mol. The maximum atomic E-state index is 9.51. The molecule has 3 nitrogen and oxygen atoms in total. The van der Waals surface area contributed by atoms with Crippen LogP contribution in [0, 0.1) is 11.8 Å². The highest BCUT2D eigenvalue weighted by molar-refractivity contribution is 9.10. The van der Waals surface area contributed by atoms with Crippen molar-refractivity contribution in [2.24, 2.45) is 11.8 Å². The molecule has 0 radical (unpaired) electrons. The van der Waals surface area contributed by atoms with Gasteiger partial charge in [-0.15, -0.1) is 0 Å². The summed E-state index contributed by atoms with van der Waals surface area (Å²) >= 11 is 3.47. The predicted octanol–water partition coefficient (Wildman–Crippen LogP) is 2.39. The molecule has 0 saturated carbocycles. The van der Waals surface area contributed by atoms with Crippen molar-refractivity contribution in [2.45, 2.75) is 6.42 Å². The molecule has 0 aliphatic carbocycles. The molecule has 18 heavy (non-hydrogen) atoms. The SMILES string of the molecule is CN1CCC(C(CO)COc2ccccc2Br)C1. The van der Waals surface area contributed by atoms with Gasteiger partial charge in [0.05, 0.1) is 11.1 Å². The van der Waals surface area contributed by atoms with Crippen LogP contribution in [-0.2, 0) is 0 Å². The van der Waals surface area contributed by atoms with Crippen LogP contribution in [0.1, 0.15) is 6.42 Å². The number of rotatable bonds is 5. The van der Waals surface area contributed by atoms with Gasteiger partial charge in [-0.1, -0.05) is 12.1 Å². The largest absolute Gasteiger partial charge is 0.492 e. The van der Waals surface area contributed by atoms with E-state index in [1.807, 2.05) is 24.3 Å². The minimum atomic E-state index is 0.197. The minimum Gasteiger partial charge on any atom is -0.492 e. The number of para-hydroxylation sites is 1. The molecule has 1 N–H and O–H groups in total. The van der Waals surface area contributed by atoms with E-state index in [-0.39, 0.29) is 12.5 Å². The van der Waals surface area contributed by atoms with Crippen LogP contribution >= 0.6 is 15.9 Å². The number of benzene rings is 1. The minimum absolute atomic E-state index is 0.197. The summed E-state index contributed by atoms with van der Waals surface area (Å²) in [7, 11) is 2.13. The molecule has 2 rings (SSSR count). The van der Waals surface area contributed by atoms with Crippen LogP contribution in [-0.4, -0.2) is 43.4 Å². The zero-order valence-corrected chi connectivity index (χ0v) is 12.3. The smallest absolute Gasteiger partial charge is 0.133 e. The fourth-order valence-electron chi connectivity index (χ4n) is 2.45. The van der Waals surface area contributed by atoms with Crippen LogP contribution < -0.4 is 4.74 Å². The lowest BCUT2D eigenvalue weighted by Crippen LogP contribution is -2.27. The Morgan fingerprint density at radius 3 is 2.89 bits per heavy atom. The fourth-order valence-corrected chi connectivity index (χ4v) is 2.85. The van der Waals surface area contributed by atoms with Gasteiger partial charge in [0.1, 0.15) is 5.75 Å². The fraction of sp³-hybridized carbons (Fsp3) is 0.571. The molecule has 0 spiro atoms. The summed E-state index contributed by atoms with van der Waals surface area (Å²) in [5.41, 5.74) is 0. The number of nitrogens with zero attached hydrogens (tertiary/aromatic N) is 1. The molecule has 1 heterocycles. The van der Waals surface area contributed by atoms with Gasteiger partial charge < -0.3 is 14.7 Å². The summed E-state index contributed by atoms with van der Waals surface area (Å²) in [5, 5.41) is 9.51. The van der Waals surface area contributed by atoms with Crippen LogP contribution in [0.25, 0.3) is 0 Å². The third kappa shape index (κ3) is 3.46. The molecule has 0 aromatic heterocycles. The Balaban J connectivity index is 1.89. The lowest BCUT2D eigenvalue weighted by atomic mass is 9.93. The molecule has 0 bridgehead atoms. The first-order chi connectivity index (χ1) is 8.70. The topological polar surface area (TPSA) is 32.7 Å². The van der Waals surface area contributed by atoms with Gasteiger partial charge in [-0.2, -0.15) is 0 Å². The summed E-state index contributed by atoms with van der Waals surface area (Å²) in [4.78, 5) is 2.31. The molecular formula is C14H20BrNO2. The Morgan fingerprint density at radius 1 is 1.50 bits per heavy atom. The lowest BCUT2D eigenvalue weighted by Gasteiger charge is -2.22.